The van der Waals surface area contributed by atoms with Gasteiger partial charge in [-0.15, -0.1) is 0 Å². The minimum absolute atomic E-state index is 0.419. The second kappa shape index (κ2) is 3.81. The fraction of sp³-hybridized carbons (Fsp3) is 0.636. The number of nitrogens with one attached hydrogen (secondary N) is 1. The second-order valence-electron chi connectivity index (χ2n) is 4.25. The molecule has 1 aromatic rings. The van der Waals surface area contributed by atoms with Gasteiger partial charge in [-0.25, -0.2) is 0 Å². The molecule has 0 saturated heterocycles. The molecular weight excluding hydrogens is 178 g/mol. The van der Waals surface area contributed by atoms with Crippen molar-refractivity contribution in [3.8, 4) is 0 Å². The topological polar surface area (TPSA) is 12.0 Å². The van der Waals surface area contributed by atoms with Crippen LogP contribution in [0.25, 0.3) is 0 Å². The maximum Gasteiger partial charge on any atom is 0.0218 e. The predicted octanol–water partition coefficient (Wildman–Crippen LogP) is 3.17. The van der Waals surface area contributed by atoms with Crippen molar-refractivity contribution in [1.29, 1.82) is 0 Å². The van der Waals surface area contributed by atoms with E-state index in [4.69, 9.17) is 0 Å². The van der Waals surface area contributed by atoms with Gasteiger partial charge in [0, 0.05) is 12.1 Å². The first-order valence-electron chi connectivity index (χ1n) is 5.05. The molecule has 1 nitrogen and oxygen atoms in total. The zero-order chi connectivity index (χ0) is 9.15. The maximum atomic E-state index is 3.67. The van der Waals surface area contributed by atoms with Gasteiger partial charge in [-0.3, -0.25) is 0 Å². The molecule has 1 aromatic heterocycles. The molecule has 2 heteroatoms. The van der Waals surface area contributed by atoms with Crippen LogP contribution in [0.2, 0.25) is 0 Å². The minimum atomic E-state index is 0.419. The van der Waals surface area contributed by atoms with Gasteiger partial charge >= 0.3 is 0 Å². The average molecular weight is 195 g/mol. The number of rotatable bonds is 3. The monoisotopic (exact) mass is 195 g/mol. The van der Waals surface area contributed by atoms with E-state index in [1.165, 1.54) is 31.2 Å². The van der Waals surface area contributed by atoms with Gasteiger partial charge in [0.25, 0.3) is 0 Å². The molecule has 0 atom stereocenters. The zero-order valence-electron chi connectivity index (χ0n) is 8.18. The highest BCUT2D eigenvalue weighted by molar-refractivity contribution is 7.07. The van der Waals surface area contributed by atoms with Gasteiger partial charge in [0.15, 0.2) is 0 Å². The van der Waals surface area contributed by atoms with E-state index in [0.29, 0.717) is 5.54 Å². The fourth-order valence-corrected chi connectivity index (χ4v) is 2.71. The largest absolute Gasteiger partial charge is 0.307 e. The van der Waals surface area contributed by atoms with E-state index >= 15 is 0 Å². The van der Waals surface area contributed by atoms with Crippen molar-refractivity contribution < 1.29 is 0 Å². The summed E-state index contributed by atoms with van der Waals surface area (Å²) in [6, 6.07) is 2.20. The van der Waals surface area contributed by atoms with Crippen LogP contribution in [0.3, 0.4) is 0 Å². The summed E-state index contributed by atoms with van der Waals surface area (Å²) < 4.78 is 0. The van der Waals surface area contributed by atoms with Crippen LogP contribution in [0.15, 0.2) is 16.8 Å². The van der Waals surface area contributed by atoms with E-state index < -0.39 is 0 Å². The Balaban J connectivity index is 1.85. The molecule has 13 heavy (non-hydrogen) atoms. The van der Waals surface area contributed by atoms with Gasteiger partial charge in [0.05, 0.1) is 0 Å². The van der Waals surface area contributed by atoms with Crippen molar-refractivity contribution in [3.05, 3.63) is 22.4 Å². The van der Waals surface area contributed by atoms with Crippen LogP contribution in [-0.4, -0.2) is 5.54 Å². The number of thiophene rings is 1. The highest BCUT2D eigenvalue weighted by Crippen LogP contribution is 2.29. The maximum absolute atomic E-state index is 3.67. The van der Waals surface area contributed by atoms with Gasteiger partial charge in [-0.05, 0) is 42.2 Å². The molecule has 2 rings (SSSR count). The number of hydrogen-bond donors (Lipinski definition) is 1. The molecule has 0 spiro atoms. The highest BCUT2D eigenvalue weighted by atomic mass is 32.1. The summed E-state index contributed by atoms with van der Waals surface area (Å²) in [6.07, 6.45) is 5.48. The first-order valence-corrected chi connectivity index (χ1v) is 5.99. The smallest absolute Gasteiger partial charge is 0.0218 e. The lowest BCUT2D eigenvalue weighted by atomic mass is 10.0. The predicted molar refractivity (Wildman–Crippen MR) is 58.0 cm³/mol. The molecule has 1 saturated carbocycles. The summed E-state index contributed by atoms with van der Waals surface area (Å²) in [5.74, 6) is 0. The van der Waals surface area contributed by atoms with Crippen molar-refractivity contribution >= 4 is 11.3 Å². The van der Waals surface area contributed by atoms with Crippen molar-refractivity contribution in [2.45, 2.75) is 44.7 Å². The molecule has 1 aliphatic carbocycles. The van der Waals surface area contributed by atoms with E-state index in [1.54, 1.807) is 11.3 Å². The van der Waals surface area contributed by atoms with Gasteiger partial charge < -0.3 is 5.32 Å². The van der Waals surface area contributed by atoms with Gasteiger partial charge in [0.2, 0.25) is 0 Å². The third kappa shape index (κ3) is 2.32. The summed E-state index contributed by atoms with van der Waals surface area (Å²) in [5, 5.41) is 8.04. The van der Waals surface area contributed by atoms with Gasteiger partial charge in [-0.2, -0.15) is 11.3 Å². The normalized spacial score (nSPS) is 20.7. The third-order valence-corrected chi connectivity index (χ3v) is 3.74. The molecule has 0 aromatic carbocycles. The van der Waals surface area contributed by atoms with Gasteiger partial charge in [-0.1, -0.05) is 12.8 Å². The van der Waals surface area contributed by atoms with Crippen LogP contribution in [0, 0.1) is 0 Å². The molecule has 1 fully saturated rings. The summed E-state index contributed by atoms with van der Waals surface area (Å²) >= 11 is 1.78. The molecule has 1 N–H and O–H groups in total. The molecule has 0 radical (unpaired) electrons. The number of hydrogen-bond acceptors (Lipinski definition) is 2. The van der Waals surface area contributed by atoms with Crippen LogP contribution in [0.1, 0.15) is 38.2 Å². The Morgan fingerprint density at radius 2 is 2.23 bits per heavy atom. The van der Waals surface area contributed by atoms with Crippen molar-refractivity contribution in [1.82, 2.24) is 5.32 Å². The zero-order valence-corrected chi connectivity index (χ0v) is 8.99. The summed E-state index contributed by atoms with van der Waals surface area (Å²) in [7, 11) is 0. The van der Waals surface area contributed by atoms with E-state index in [2.05, 4.69) is 29.1 Å². The van der Waals surface area contributed by atoms with Crippen LogP contribution in [-0.2, 0) is 6.54 Å². The van der Waals surface area contributed by atoms with E-state index in [-0.39, 0.29) is 0 Å². The lowest BCUT2D eigenvalue weighted by Crippen LogP contribution is -2.38. The highest BCUT2D eigenvalue weighted by Gasteiger charge is 2.27. The molecular formula is C11H17NS. The standard InChI is InChI=1S/C11H17NS/c1-11(5-2-3-6-11)12-8-10-4-7-13-9-10/h4,7,9,12H,2-3,5-6,8H2,1H3. The van der Waals surface area contributed by atoms with Crippen LogP contribution < -0.4 is 5.32 Å². The molecule has 0 unspecified atom stereocenters. The molecule has 1 aliphatic rings. The lowest BCUT2D eigenvalue weighted by Gasteiger charge is -2.25. The summed E-state index contributed by atoms with van der Waals surface area (Å²) in [5.41, 5.74) is 1.85. The van der Waals surface area contributed by atoms with E-state index in [9.17, 15) is 0 Å². The molecule has 0 aliphatic heterocycles. The van der Waals surface area contributed by atoms with Crippen LogP contribution in [0.5, 0.6) is 0 Å². The molecule has 0 bridgehead atoms. The molecule has 1 heterocycles. The van der Waals surface area contributed by atoms with E-state index in [1.807, 2.05) is 0 Å². The lowest BCUT2D eigenvalue weighted by molar-refractivity contribution is 0.363. The summed E-state index contributed by atoms with van der Waals surface area (Å²) in [4.78, 5) is 0. The van der Waals surface area contributed by atoms with E-state index in [0.717, 1.165) is 6.54 Å². The Kier molecular flexibility index (Phi) is 2.70. The minimum Gasteiger partial charge on any atom is -0.307 e. The Bertz CT molecular complexity index is 247. The Morgan fingerprint density at radius 3 is 2.85 bits per heavy atom. The first kappa shape index (κ1) is 9.22. The average Bonchev–Trinajstić information content (AvgIpc) is 2.72. The quantitative estimate of drug-likeness (QED) is 0.781. The van der Waals surface area contributed by atoms with Gasteiger partial charge in [0.1, 0.15) is 0 Å². The van der Waals surface area contributed by atoms with Crippen molar-refractivity contribution in [3.63, 3.8) is 0 Å². The SMILES string of the molecule is CC1(NCc2ccsc2)CCCC1. The fourth-order valence-electron chi connectivity index (χ4n) is 2.04. The van der Waals surface area contributed by atoms with Crippen molar-refractivity contribution in [2.75, 3.05) is 0 Å². The van der Waals surface area contributed by atoms with Crippen molar-refractivity contribution in [2.24, 2.45) is 0 Å². The first-order chi connectivity index (χ1) is 6.29. The van der Waals surface area contributed by atoms with Crippen LogP contribution in [0.4, 0.5) is 0 Å². The second-order valence-corrected chi connectivity index (χ2v) is 5.03. The molecule has 72 valence electrons. The summed E-state index contributed by atoms with van der Waals surface area (Å²) in [6.45, 7) is 3.40. The third-order valence-electron chi connectivity index (χ3n) is 3.01. The Labute approximate surface area is 84.2 Å². The van der Waals surface area contributed by atoms with Crippen LogP contribution >= 0.6 is 11.3 Å². The molecule has 0 amide bonds. The Hall–Kier alpha value is -0.340. The Morgan fingerprint density at radius 1 is 1.46 bits per heavy atom.